The summed E-state index contributed by atoms with van der Waals surface area (Å²) in [4.78, 5) is 12.8. The molecule has 1 aromatic carbocycles. The van der Waals surface area contributed by atoms with Gasteiger partial charge in [0.15, 0.2) is 0 Å². The fraction of sp³-hybridized carbons (Fsp3) is 0.0769. The number of carbonyl (C=O) groups excluding carboxylic acids is 1. The third-order valence-corrected chi connectivity index (χ3v) is 4.85. The zero-order chi connectivity index (χ0) is 14.9. The molecule has 0 radical (unpaired) electrons. The number of hydrogen-bond acceptors (Lipinski definition) is 3. The first-order chi connectivity index (χ1) is 9.40. The van der Waals surface area contributed by atoms with Gasteiger partial charge in [0.25, 0.3) is 5.91 Å². The molecular weight excluding hydrogens is 335 g/mol. The second-order valence-electron chi connectivity index (χ2n) is 4.07. The maximum absolute atomic E-state index is 12.1. The summed E-state index contributed by atoms with van der Waals surface area (Å²) in [6.45, 7) is 1.85. The van der Waals surface area contributed by atoms with E-state index in [0.29, 0.717) is 26.2 Å². The molecule has 0 aliphatic heterocycles. The van der Waals surface area contributed by atoms with E-state index in [1.165, 1.54) is 11.3 Å². The highest BCUT2D eigenvalue weighted by molar-refractivity contribution is 7.80. The second kappa shape index (κ2) is 6.10. The van der Waals surface area contributed by atoms with Crippen LogP contribution in [0.25, 0.3) is 0 Å². The van der Waals surface area contributed by atoms with Crippen molar-refractivity contribution in [1.82, 2.24) is 0 Å². The molecule has 0 spiro atoms. The van der Waals surface area contributed by atoms with Crippen LogP contribution in [0.2, 0.25) is 10.0 Å². The Bertz CT molecular complexity index is 698. The van der Waals surface area contributed by atoms with Crippen LogP contribution in [0.15, 0.2) is 23.6 Å². The smallest absolute Gasteiger partial charge is 0.267 e. The van der Waals surface area contributed by atoms with E-state index in [9.17, 15) is 4.79 Å². The predicted molar refractivity (Wildman–Crippen MR) is 89.4 cm³/mol. The number of hydrogen-bond donors (Lipinski definition) is 2. The standard InChI is InChI=1S/C13H10Cl2N2OS2/c1-6-5-20-11(10(6)15)13(18)17-9-3-2-7(12(16)19)4-8(9)14/h2-5H,1H3,(H2,16,19)(H,17,18). The number of benzene rings is 1. The third kappa shape index (κ3) is 3.12. The van der Waals surface area contributed by atoms with Crippen LogP contribution >= 0.6 is 46.8 Å². The van der Waals surface area contributed by atoms with Crippen molar-refractivity contribution >= 4 is 63.3 Å². The minimum Gasteiger partial charge on any atom is -0.389 e. The summed E-state index contributed by atoms with van der Waals surface area (Å²) < 4.78 is 0. The minimum absolute atomic E-state index is 0.252. The summed E-state index contributed by atoms with van der Waals surface area (Å²) in [7, 11) is 0. The fourth-order valence-corrected chi connectivity index (χ4v) is 3.06. The van der Waals surface area contributed by atoms with E-state index in [-0.39, 0.29) is 10.9 Å². The van der Waals surface area contributed by atoms with Gasteiger partial charge in [0.05, 0.1) is 15.7 Å². The quantitative estimate of drug-likeness (QED) is 0.818. The molecule has 7 heteroatoms. The molecule has 3 nitrogen and oxygen atoms in total. The molecular formula is C13H10Cl2N2OS2. The van der Waals surface area contributed by atoms with Crippen LogP contribution in [-0.2, 0) is 0 Å². The van der Waals surface area contributed by atoms with Gasteiger partial charge in [-0.25, -0.2) is 0 Å². The van der Waals surface area contributed by atoms with Crippen LogP contribution in [0.3, 0.4) is 0 Å². The van der Waals surface area contributed by atoms with Crippen molar-refractivity contribution in [2.24, 2.45) is 5.73 Å². The fourth-order valence-electron chi connectivity index (χ4n) is 1.53. The molecule has 20 heavy (non-hydrogen) atoms. The lowest BCUT2D eigenvalue weighted by Gasteiger charge is -2.08. The van der Waals surface area contributed by atoms with Crippen LogP contribution < -0.4 is 11.1 Å². The van der Waals surface area contributed by atoms with Crippen LogP contribution in [-0.4, -0.2) is 10.9 Å². The van der Waals surface area contributed by atoms with E-state index in [1.807, 2.05) is 12.3 Å². The number of anilines is 1. The molecule has 2 aromatic rings. The summed E-state index contributed by atoms with van der Waals surface area (Å²) in [5, 5.41) is 5.38. The summed E-state index contributed by atoms with van der Waals surface area (Å²) in [5.41, 5.74) is 7.52. The van der Waals surface area contributed by atoms with Crippen molar-refractivity contribution in [2.45, 2.75) is 6.92 Å². The van der Waals surface area contributed by atoms with Gasteiger partial charge in [-0.05, 0) is 36.1 Å². The van der Waals surface area contributed by atoms with Crippen molar-refractivity contribution in [3.8, 4) is 0 Å². The van der Waals surface area contributed by atoms with E-state index in [2.05, 4.69) is 5.32 Å². The number of nitrogens with one attached hydrogen (secondary N) is 1. The van der Waals surface area contributed by atoms with Crippen LogP contribution in [0, 0.1) is 6.92 Å². The zero-order valence-corrected chi connectivity index (χ0v) is 13.5. The Hall–Kier alpha value is -1.14. The number of aryl methyl sites for hydroxylation is 1. The average Bonchev–Trinajstić information content (AvgIpc) is 2.72. The Labute approximate surface area is 135 Å². The number of thiocarbonyl (C=S) groups is 1. The van der Waals surface area contributed by atoms with Gasteiger partial charge in [0.1, 0.15) is 9.87 Å². The first kappa shape index (κ1) is 15.3. The van der Waals surface area contributed by atoms with Crippen LogP contribution in [0.5, 0.6) is 0 Å². The first-order valence-corrected chi connectivity index (χ1v) is 7.59. The Kier molecular flexibility index (Phi) is 4.65. The Morgan fingerprint density at radius 1 is 1.40 bits per heavy atom. The molecule has 3 N–H and O–H groups in total. The highest BCUT2D eigenvalue weighted by Gasteiger charge is 2.16. The summed E-state index contributed by atoms with van der Waals surface area (Å²) in [6.07, 6.45) is 0. The van der Waals surface area contributed by atoms with Crippen molar-refractivity contribution in [2.75, 3.05) is 5.32 Å². The molecule has 0 unspecified atom stereocenters. The van der Waals surface area contributed by atoms with Gasteiger partial charge in [0.2, 0.25) is 0 Å². The lowest BCUT2D eigenvalue weighted by Crippen LogP contribution is -2.13. The van der Waals surface area contributed by atoms with Gasteiger partial charge in [-0.15, -0.1) is 11.3 Å². The monoisotopic (exact) mass is 344 g/mol. The number of thiophene rings is 1. The van der Waals surface area contributed by atoms with Gasteiger partial charge in [-0.1, -0.05) is 35.4 Å². The molecule has 2 rings (SSSR count). The molecule has 1 aromatic heterocycles. The molecule has 0 aliphatic rings. The summed E-state index contributed by atoms with van der Waals surface area (Å²) in [6, 6.07) is 4.97. The molecule has 1 amide bonds. The van der Waals surface area contributed by atoms with E-state index in [1.54, 1.807) is 18.2 Å². The van der Waals surface area contributed by atoms with Gasteiger partial charge in [0, 0.05) is 5.56 Å². The molecule has 0 saturated carbocycles. The molecule has 0 atom stereocenters. The SMILES string of the molecule is Cc1csc(C(=O)Nc2ccc(C(N)=S)cc2Cl)c1Cl. The second-order valence-corrected chi connectivity index (χ2v) is 6.18. The molecule has 0 aliphatic carbocycles. The van der Waals surface area contributed by atoms with Gasteiger partial charge in [-0.3, -0.25) is 4.79 Å². The predicted octanol–water partition coefficient (Wildman–Crippen LogP) is 4.25. The van der Waals surface area contributed by atoms with Crippen molar-refractivity contribution < 1.29 is 4.79 Å². The van der Waals surface area contributed by atoms with E-state index < -0.39 is 0 Å². The largest absolute Gasteiger partial charge is 0.389 e. The van der Waals surface area contributed by atoms with Crippen LogP contribution in [0.1, 0.15) is 20.8 Å². The molecule has 104 valence electrons. The highest BCUT2D eigenvalue weighted by atomic mass is 35.5. The van der Waals surface area contributed by atoms with Crippen molar-refractivity contribution in [3.63, 3.8) is 0 Å². The number of carbonyl (C=O) groups is 1. The molecule has 1 heterocycles. The van der Waals surface area contributed by atoms with Crippen molar-refractivity contribution in [3.05, 3.63) is 49.6 Å². The molecule has 0 fully saturated rings. The molecule has 0 saturated heterocycles. The zero-order valence-electron chi connectivity index (χ0n) is 10.4. The van der Waals surface area contributed by atoms with E-state index >= 15 is 0 Å². The Morgan fingerprint density at radius 3 is 2.60 bits per heavy atom. The average molecular weight is 345 g/mol. The minimum atomic E-state index is -0.293. The van der Waals surface area contributed by atoms with Gasteiger partial charge < -0.3 is 11.1 Å². The maximum atomic E-state index is 12.1. The topological polar surface area (TPSA) is 55.1 Å². The number of rotatable bonds is 3. The number of amides is 1. The van der Waals surface area contributed by atoms with E-state index in [0.717, 1.165) is 5.56 Å². The lowest BCUT2D eigenvalue weighted by molar-refractivity contribution is 0.103. The Morgan fingerprint density at radius 2 is 2.10 bits per heavy atom. The summed E-state index contributed by atoms with van der Waals surface area (Å²) in [5.74, 6) is -0.293. The lowest BCUT2D eigenvalue weighted by atomic mass is 10.2. The first-order valence-electron chi connectivity index (χ1n) is 5.54. The Balaban J connectivity index is 2.24. The third-order valence-electron chi connectivity index (χ3n) is 2.61. The van der Waals surface area contributed by atoms with Crippen molar-refractivity contribution in [1.29, 1.82) is 0 Å². The highest BCUT2D eigenvalue weighted by Crippen LogP contribution is 2.29. The summed E-state index contributed by atoms with van der Waals surface area (Å²) >= 11 is 18.3. The van der Waals surface area contributed by atoms with Gasteiger partial charge >= 0.3 is 0 Å². The number of halogens is 2. The molecule has 0 bridgehead atoms. The maximum Gasteiger partial charge on any atom is 0.267 e. The van der Waals surface area contributed by atoms with Crippen LogP contribution in [0.4, 0.5) is 5.69 Å². The van der Waals surface area contributed by atoms with E-state index in [4.69, 9.17) is 41.2 Å². The van der Waals surface area contributed by atoms with Gasteiger partial charge in [-0.2, -0.15) is 0 Å². The number of nitrogens with two attached hydrogens (primary N) is 1. The normalized spacial score (nSPS) is 10.3.